The highest BCUT2D eigenvalue weighted by Crippen LogP contribution is 2.31. The molecule has 1 aliphatic rings. The summed E-state index contributed by atoms with van der Waals surface area (Å²) in [7, 11) is -2.86. The van der Waals surface area contributed by atoms with E-state index >= 15 is 0 Å². The van der Waals surface area contributed by atoms with Crippen LogP contribution in [0.15, 0.2) is 36.9 Å². The molecule has 23 heavy (non-hydrogen) atoms. The van der Waals surface area contributed by atoms with Crippen molar-refractivity contribution in [2.45, 2.75) is 25.8 Å². The first-order valence-corrected chi connectivity index (χ1v) is 9.54. The molecule has 120 valence electrons. The predicted molar refractivity (Wildman–Crippen MR) is 88.1 cm³/mol. The maximum atomic E-state index is 11.7. The number of hydrogen-bond acceptors (Lipinski definition) is 4. The highest BCUT2D eigenvalue weighted by Gasteiger charge is 2.27. The Morgan fingerprint density at radius 3 is 2.78 bits per heavy atom. The van der Waals surface area contributed by atoms with E-state index in [9.17, 15) is 8.42 Å². The predicted octanol–water partition coefficient (Wildman–Crippen LogP) is 2.26. The van der Waals surface area contributed by atoms with Crippen molar-refractivity contribution < 1.29 is 8.42 Å². The van der Waals surface area contributed by atoms with E-state index in [1.807, 2.05) is 29.2 Å². The van der Waals surface area contributed by atoms with Crippen LogP contribution in [-0.4, -0.2) is 39.1 Å². The lowest BCUT2D eigenvalue weighted by Crippen LogP contribution is -2.25. The molecule has 4 rings (SSSR count). The second kappa shape index (κ2) is 5.19. The quantitative estimate of drug-likeness (QED) is 0.723. The number of sulfone groups is 1. The molecule has 0 bridgehead atoms. The molecular formula is C16H18N4O2S. The van der Waals surface area contributed by atoms with Crippen LogP contribution in [0.2, 0.25) is 0 Å². The number of pyridine rings is 1. The van der Waals surface area contributed by atoms with Crippen molar-refractivity contribution in [3.63, 3.8) is 0 Å². The Bertz CT molecular complexity index is 957. The third-order valence-corrected chi connectivity index (χ3v) is 6.29. The van der Waals surface area contributed by atoms with Gasteiger partial charge in [-0.25, -0.2) is 17.9 Å². The zero-order chi connectivity index (χ0) is 16.0. The van der Waals surface area contributed by atoms with Gasteiger partial charge in [-0.1, -0.05) is 6.07 Å². The van der Waals surface area contributed by atoms with E-state index in [4.69, 9.17) is 0 Å². The molecule has 1 fully saturated rings. The summed E-state index contributed by atoms with van der Waals surface area (Å²) in [5, 5.41) is 4.41. The van der Waals surface area contributed by atoms with Crippen LogP contribution in [-0.2, 0) is 9.84 Å². The fourth-order valence-electron chi connectivity index (χ4n) is 3.35. The van der Waals surface area contributed by atoms with Crippen LogP contribution >= 0.6 is 0 Å². The molecular weight excluding hydrogens is 312 g/mol. The van der Waals surface area contributed by atoms with E-state index in [0.29, 0.717) is 12.8 Å². The highest BCUT2D eigenvalue weighted by atomic mass is 32.2. The Hall–Kier alpha value is -2.15. The van der Waals surface area contributed by atoms with Gasteiger partial charge in [0.2, 0.25) is 0 Å². The van der Waals surface area contributed by atoms with E-state index in [1.54, 1.807) is 6.20 Å². The number of rotatable bonds is 2. The molecule has 3 aromatic rings. The lowest BCUT2D eigenvalue weighted by molar-refractivity contribution is 0.453. The molecule has 0 aromatic carbocycles. The largest absolute Gasteiger partial charge is 0.328 e. The second-order valence-corrected chi connectivity index (χ2v) is 8.39. The van der Waals surface area contributed by atoms with Gasteiger partial charge in [0.1, 0.15) is 15.7 Å². The van der Waals surface area contributed by atoms with E-state index < -0.39 is 9.84 Å². The smallest absolute Gasteiger partial charge is 0.150 e. The summed E-state index contributed by atoms with van der Waals surface area (Å²) < 4.78 is 27.3. The minimum Gasteiger partial charge on any atom is -0.328 e. The zero-order valence-corrected chi connectivity index (χ0v) is 13.7. The molecule has 0 aliphatic carbocycles. The van der Waals surface area contributed by atoms with Crippen LogP contribution < -0.4 is 0 Å². The number of fused-ring (bicyclic) bond motifs is 1. The van der Waals surface area contributed by atoms with E-state index in [0.717, 1.165) is 22.5 Å². The molecule has 0 saturated carbocycles. The normalized spacial score (nSPS) is 18.5. The Morgan fingerprint density at radius 1 is 1.22 bits per heavy atom. The number of imidazole rings is 1. The first-order chi connectivity index (χ1) is 11.1. The monoisotopic (exact) mass is 330 g/mol. The van der Waals surface area contributed by atoms with Crippen molar-refractivity contribution in [1.82, 2.24) is 19.2 Å². The van der Waals surface area contributed by atoms with Gasteiger partial charge in [0.05, 0.1) is 28.8 Å². The number of hydrogen-bond donors (Lipinski definition) is 0. The zero-order valence-electron chi connectivity index (χ0n) is 12.9. The minimum absolute atomic E-state index is 0.176. The summed E-state index contributed by atoms with van der Waals surface area (Å²) in [5.74, 6) is 1.37. The lowest BCUT2D eigenvalue weighted by Gasteiger charge is -2.24. The molecule has 3 aromatic heterocycles. The van der Waals surface area contributed by atoms with Crippen LogP contribution in [0, 0.1) is 6.92 Å². The summed E-state index contributed by atoms with van der Waals surface area (Å²) in [6.07, 6.45) is 8.76. The van der Waals surface area contributed by atoms with Crippen LogP contribution in [0.4, 0.5) is 0 Å². The highest BCUT2D eigenvalue weighted by molar-refractivity contribution is 7.91. The lowest BCUT2D eigenvalue weighted by atomic mass is 10.1. The molecule has 1 aliphatic heterocycles. The van der Waals surface area contributed by atoms with Gasteiger partial charge < -0.3 is 4.57 Å². The Morgan fingerprint density at radius 2 is 2.00 bits per heavy atom. The standard InChI is InChI=1S/C16H18N4O2S/c1-12-3-2-7-20-15(12)14(11-18-20)16-17-6-8-19(16)13-4-9-23(21,22)10-5-13/h2-3,6-8,11,13H,4-5,9-10H2,1H3. The fraction of sp³-hybridized carbons (Fsp3) is 0.375. The van der Waals surface area contributed by atoms with Crippen LogP contribution in [0.5, 0.6) is 0 Å². The maximum absolute atomic E-state index is 11.7. The first kappa shape index (κ1) is 14.4. The van der Waals surface area contributed by atoms with Gasteiger partial charge in [-0.3, -0.25) is 0 Å². The van der Waals surface area contributed by atoms with Gasteiger partial charge in [-0.15, -0.1) is 0 Å². The molecule has 0 N–H and O–H groups in total. The van der Waals surface area contributed by atoms with Gasteiger partial charge in [0.25, 0.3) is 0 Å². The van der Waals surface area contributed by atoms with Crippen molar-refractivity contribution >= 4 is 15.4 Å². The van der Waals surface area contributed by atoms with Gasteiger partial charge in [0, 0.05) is 24.6 Å². The van der Waals surface area contributed by atoms with Crippen LogP contribution in [0.3, 0.4) is 0 Å². The average molecular weight is 330 g/mol. The molecule has 1 saturated heterocycles. The van der Waals surface area contributed by atoms with E-state index in [1.165, 1.54) is 0 Å². The van der Waals surface area contributed by atoms with Crippen molar-refractivity contribution in [3.8, 4) is 11.4 Å². The Balaban J connectivity index is 1.78. The van der Waals surface area contributed by atoms with Gasteiger partial charge in [0.15, 0.2) is 0 Å². The van der Waals surface area contributed by atoms with Crippen molar-refractivity contribution in [1.29, 1.82) is 0 Å². The Kier molecular flexibility index (Phi) is 3.26. The number of nitrogens with zero attached hydrogens (tertiary/aromatic N) is 4. The minimum atomic E-state index is -2.86. The third-order valence-electron chi connectivity index (χ3n) is 4.57. The molecule has 0 unspecified atom stereocenters. The second-order valence-electron chi connectivity index (χ2n) is 6.08. The number of aryl methyl sites for hydroxylation is 1. The topological polar surface area (TPSA) is 69.3 Å². The summed E-state index contributed by atoms with van der Waals surface area (Å²) in [5.41, 5.74) is 3.17. The fourth-order valence-corrected chi connectivity index (χ4v) is 4.82. The average Bonchev–Trinajstić information content (AvgIpc) is 3.14. The molecule has 0 amide bonds. The summed E-state index contributed by atoms with van der Waals surface area (Å²) in [6, 6.07) is 4.20. The Labute approximate surface area is 134 Å². The van der Waals surface area contributed by atoms with Crippen molar-refractivity contribution in [2.75, 3.05) is 11.5 Å². The third kappa shape index (κ3) is 2.45. The van der Waals surface area contributed by atoms with Crippen LogP contribution in [0.25, 0.3) is 16.9 Å². The molecule has 4 heterocycles. The molecule has 6 nitrogen and oxygen atoms in total. The van der Waals surface area contributed by atoms with Crippen molar-refractivity contribution in [2.24, 2.45) is 0 Å². The maximum Gasteiger partial charge on any atom is 0.150 e. The molecule has 0 spiro atoms. The summed E-state index contributed by atoms with van der Waals surface area (Å²) in [6.45, 7) is 2.06. The summed E-state index contributed by atoms with van der Waals surface area (Å²) >= 11 is 0. The molecule has 7 heteroatoms. The SMILES string of the molecule is Cc1cccn2ncc(-c3nccn3C3CCS(=O)(=O)CC3)c12. The molecule has 0 radical (unpaired) electrons. The van der Waals surface area contributed by atoms with Gasteiger partial charge >= 0.3 is 0 Å². The van der Waals surface area contributed by atoms with Crippen molar-refractivity contribution in [3.05, 3.63) is 42.5 Å². The van der Waals surface area contributed by atoms with Gasteiger partial charge in [-0.2, -0.15) is 5.10 Å². The summed E-state index contributed by atoms with van der Waals surface area (Å²) in [4.78, 5) is 4.52. The van der Waals surface area contributed by atoms with Crippen LogP contribution in [0.1, 0.15) is 24.4 Å². The first-order valence-electron chi connectivity index (χ1n) is 7.72. The number of aromatic nitrogens is 4. The molecule has 0 atom stereocenters. The van der Waals surface area contributed by atoms with Gasteiger partial charge in [-0.05, 0) is 31.4 Å². The van der Waals surface area contributed by atoms with E-state index in [-0.39, 0.29) is 17.5 Å². The van der Waals surface area contributed by atoms with E-state index in [2.05, 4.69) is 27.6 Å².